The summed E-state index contributed by atoms with van der Waals surface area (Å²) >= 11 is 2.81. The highest BCUT2D eigenvalue weighted by Gasteiger charge is 2.17. The Bertz CT molecular complexity index is 1200. The van der Waals surface area contributed by atoms with Crippen LogP contribution in [0.5, 0.6) is 0 Å². The molecule has 0 aliphatic rings. The molecular weight excluding hydrogens is 440 g/mol. The van der Waals surface area contributed by atoms with Gasteiger partial charge in [0.15, 0.2) is 16.1 Å². The Balaban J connectivity index is 1.52. The first-order valence-electron chi connectivity index (χ1n) is 10.2. The van der Waals surface area contributed by atoms with Gasteiger partial charge in [-0.15, -0.1) is 21.5 Å². The molecule has 2 N–H and O–H groups in total. The quantitative estimate of drug-likeness (QED) is 0.357. The standard InChI is InChI=1S/C23H24N6OS2/c1-15-8-7-9-16(2)21(15)24-13-19-27-28-23(29(19)18-10-5-4-6-11-18)31-14-20(30)26-22-25-12-17(3)32-22/h4-12,24H,13-14H2,1-3H3,(H,25,26,30). The Morgan fingerprint density at radius 1 is 1.03 bits per heavy atom. The van der Waals surface area contributed by atoms with Gasteiger partial charge in [0.05, 0.1) is 12.3 Å². The van der Waals surface area contributed by atoms with Gasteiger partial charge in [-0.25, -0.2) is 4.98 Å². The largest absolute Gasteiger partial charge is 0.377 e. The Morgan fingerprint density at radius 2 is 1.78 bits per heavy atom. The molecule has 9 heteroatoms. The molecule has 32 heavy (non-hydrogen) atoms. The van der Waals surface area contributed by atoms with E-state index in [-0.39, 0.29) is 11.7 Å². The summed E-state index contributed by atoms with van der Waals surface area (Å²) in [5.74, 6) is 0.868. The van der Waals surface area contributed by atoms with Gasteiger partial charge in [0, 0.05) is 22.4 Å². The van der Waals surface area contributed by atoms with E-state index in [1.165, 1.54) is 34.2 Å². The van der Waals surface area contributed by atoms with Crippen molar-refractivity contribution in [3.8, 4) is 5.69 Å². The highest BCUT2D eigenvalue weighted by Crippen LogP contribution is 2.25. The highest BCUT2D eigenvalue weighted by atomic mass is 32.2. The van der Waals surface area contributed by atoms with Crippen LogP contribution in [0, 0.1) is 20.8 Å². The number of nitrogens with zero attached hydrogens (tertiary/aromatic N) is 4. The van der Waals surface area contributed by atoms with Crippen LogP contribution >= 0.6 is 23.1 Å². The Kier molecular flexibility index (Phi) is 6.87. The van der Waals surface area contributed by atoms with Gasteiger partial charge in [-0.3, -0.25) is 9.36 Å². The van der Waals surface area contributed by atoms with Crippen LogP contribution in [0.3, 0.4) is 0 Å². The van der Waals surface area contributed by atoms with Crippen molar-refractivity contribution < 1.29 is 4.79 Å². The van der Waals surface area contributed by atoms with Gasteiger partial charge in [-0.2, -0.15) is 0 Å². The molecule has 0 atom stereocenters. The van der Waals surface area contributed by atoms with E-state index in [1.54, 1.807) is 6.20 Å². The molecule has 0 spiro atoms. The Hall–Kier alpha value is -3.17. The average Bonchev–Trinajstić information content (AvgIpc) is 3.38. The summed E-state index contributed by atoms with van der Waals surface area (Å²) < 4.78 is 1.99. The molecule has 0 aliphatic heterocycles. The van der Waals surface area contributed by atoms with E-state index < -0.39 is 0 Å². The molecule has 0 bridgehead atoms. The number of amides is 1. The van der Waals surface area contributed by atoms with Crippen LogP contribution in [0.1, 0.15) is 21.8 Å². The molecule has 0 unspecified atom stereocenters. The van der Waals surface area contributed by atoms with E-state index in [2.05, 4.69) is 57.9 Å². The topological polar surface area (TPSA) is 84.7 Å². The third kappa shape index (κ3) is 5.17. The minimum absolute atomic E-state index is 0.123. The predicted molar refractivity (Wildman–Crippen MR) is 131 cm³/mol. The Labute approximate surface area is 195 Å². The zero-order chi connectivity index (χ0) is 22.5. The summed E-state index contributed by atoms with van der Waals surface area (Å²) in [6.07, 6.45) is 1.74. The third-order valence-corrected chi connectivity index (χ3v) is 6.58. The molecule has 7 nitrogen and oxygen atoms in total. The molecule has 4 aromatic rings. The number of anilines is 2. The maximum Gasteiger partial charge on any atom is 0.236 e. The van der Waals surface area contributed by atoms with Crippen LogP contribution in [-0.4, -0.2) is 31.4 Å². The number of thiazole rings is 1. The Morgan fingerprint density at radius 3 is 2.47 bits per heavy atom. The van der Waals surface area contributed by atoms with Gasteiger partial charge in [-0.05, 0) is 44.0 Å². The number of hydrogen-bond donors (Lipinski definition) is 2. The van der Waals surface area contributed by atoms with E-state index >= 15 is 0 Å². The molecule has 4 rings (SSSR count). The number of para-hydroxylation sites is 2. The number of aromatic nitrogens is 4. The summed E-state index contributed by atoms with van der Waals surface area (Å²) in [7, 11) is 0. The fourth-order valence-corrected chi connectivity index (χ4v) is 4.75. The highest BCUT2D eigenvalue weighted by molar-refractivity contribution is 7.99. The maximum absolute atomic E-state index is 12.4. The number of aryl methyl sites for hydroxylation is 3. The summed E-state index contributed by atoms with van der Waals surface area (Å²) in [4.78, 5) is 17.6. The predicted octanol–water partition coefficient (Wildman–Crippen LogP) is 4.99. The van der Waals surface area contributed by atoms with Crippen molar-refractivity contribution in [2.24, 2.45) is 0 Å². The molecule has 1 amide bonds. The molecule has 0 fully saturated rings. The zero-order valence-electron chi connectivity index (χ0n) is 18.1. The third-order valence-electron chi connectivity index (χ3n) is 4.82. The number of carbonyl (C=O) groups is 1. The molecule has 2 heterocycles. The number of rotatable bonds is 8. The van der Waals surface area contributed by atoms with Gasteiger partial charge in [0.2, 0.25) is 5.91 Å². The van der Waals surface area contributed by atoms with Gasteiger partial charge < -0.3 is 10.6 Å². The molecule has 0 saturated carbocycles. The molecule has 2 aromatic heterocycles. The fourth-order valence-electron chi connectivity index (χ4n) is 3.30. The SMILES string of the molecule is Cc1cnc(NC(=O)CSc2nnc(CNc3c(C)cccc3C)n2-c2ccccc2)s1. The van der Waals surface area contributed by atoms with Crippen molar-refractivity contribution in [1.29, 1.82) is 0 Å². The van der Waals surface area contributed by atoms with Crippen LogP contribution in [0.15, 0.2) is 59.9 Å². The van der Waals surface area contributed by atoms with Crippen molar-refractivity contribution in [2.45, 2.75) is 32.5 Å². The van der Waals surface area contributed by atoms with Crippen LogP contribution in [0.2, 0.25) is 0 Å². The lowest BCUT2D eigenvalue weighted by molar-refractivity contribution is -0.113. The lowest BCUT2D eigenvalue weighted by Gasteiger charge is -2.14. The second-order valence-corrected chi connectivity index (χ2v) is 9.48. The van der Waals surface area contributed by atoms with E-state index in [0.29, 0.717) is 16.8 Å². The second kappa shape index (κ2) is 9.97. The first-order valence-corrected chi connectivity index (χ1v) is 12.0. The van der Waals surface area contributed by atoms with Crippen LogP contribution in [0.4, 0.5) is 10.8 Å². The lowest BCUT2D eigenvalue weighted by Crippen LogP contribution is -2.14. The minimum atomic E-state index is -0.123. The number of benzene rings is 2. The van der Waals surface area contributed by atoms with E-state index in [1.807, 2.05) is 41.8 Å². The van der Waals surface area contributed by atoms with Crippen LogP contribution in [0.25, 0.3) is 5.69 Å². The monoisotopic (exact) mass is 464 g/mol. The van der Waals surface area contributed by atoms with Gasteiger partial charge in [-0.1, -0.05) is 48.2 Å². The molecule has 0 saturated heterocycles. The molecular formula is C23H24N6OS2. The van der Waals surface area contributed by atoms with Crippen molar-refractivity contribution >= 4 is 39.8 Å². The summed E-state index contributed by atoms with van der Waals surface area (Å²) in [6, 6.07) is 16.2. The van der Waals surface area contributed by atoms with Crippen LogP contribution < -0.4 is 10.6 Å². The maximum atomic E-state index is 12.4. The normalized spacial score (nSPS) is 10.8. The summed E-state index contributed by atoms with van der Waals surface area (Å²) in [5, 5.41) is 16.4. The second-order valence-electron chi connectivity index (χ2n) is 7.30. The van der Waals surface area contributed by atoms with Crippen LogP contribution in [-0.2, 0) is 11.3 Å². The van der Waals surface area contributed by atoms with Crippen molar-refractivity contribution in [3.05, 3.63) is 76.6 Å². The fraction of sp³-hybridized carbons (Fsp3) is 0.217. The molecule has 164 valence electrons. The van der Waals surface area contributed by atoms with Crippen molar-refractivity contribution in [3.63, 3.8) is 0 Å². The summed E-state index contributed by atoms with van der Waals surface area (Å²) in [5.41, 5.74) is 4.41. The van der Waals surface area contributed by atoms with E-state index in [4.69, 9.17) is 0 Å². The van der Waals surface area contributed by atoms with Gasteiger partial charge >= 0.3 is 0 Å². The molecule has 0 aliphatic carbocycles. The zero-order valence-corrected chi connectivity index (χ0v) is 19.8. The number of thioether (sulfide) groups is 1. The van der Waals surface area contributed by atoms with E-state index in [0.717, 1.165) is 22.1 Å². The number of hydrogen-bond acceptors (Lipinski definition) is 7. The average molecular weight is 465 g/mol. The number of carbonyl (C=O) groups excluding carboxylic acids is 1. The molecule has 0 radical (unpaired) electrons. The van der Waals surface area contributed by atoms with Gasteiger partial charge in [0.1, 0.15) is 0 Å². The van der Waals surface area contributed by atoms with Crippen molar-refractivity contribution in [2.75, 3.05) is 16.4 Å². The first-order chi connectivity index (χ1) is 15.5. The number of nitrogens with one attached hydrogen (secondary N) is 2. The first kappa shape index (κ1) is 22.0. The van der Waals surface area contributed by atoms with Gasteiger partial charge in [0.25, 0.3) is 0 Å². The lowest BCUT2D eigenvalue weighted by atomic mass is 10.1. The molecule has 2 aromatic carbocycles. The summed E-state index contributed by atoms with van der Waals surface area (Å²) in [6.45, 7) is 6.64. The van der Waals surface area contributed by atoms with E-state index in [9.17, 15) is 4.79 Å². The van der Waals surface area contributed by atoms with Crippen molar-refractivity contribution in [1.82, 2.24) is 19.7 Å². The minimum Gasteiger partial charge on any atom is -0.377 e. The smallest absolute Gasteiger partial charge is 0.236 e.